The van der Waals surface area contributed by atoms with E-state index >= 15 is 0 Å². The molecule has 0 radical (unpaired) electrons. The maximum Gasteiger partial charge on any atom is 0.163 e. The number of aliphatic hydroxyl groups is 1. The third-order valence-corrected chi connectivity index (χ3v) is 4.14. The van der Waals surface area contributed by atoms with Gasteiger partial charge in [-0.1, -0.05) is 38.1 Å². The third-order valence-electron chi connectivity index (χ3n) is 4.14. The summed E-state index contributed by atoms with van der Waals surface area (Å²) in [6.45, 7) is 5.45. The van der Waals surface area contributed by atoms with E-state index in [-0.39, 0.29) is 6.61 Å². The van der Waals surface area contributed by atoms with Crippen LogP contribution in [0.3, 0.4) is 0 Å². The quantitative estimate of drug-likeness (QED) is 0.933. The van der Waals surface area contributed by atoms with Crippen LogP contribution in [0, 0.1) is 5.92 Å². The molecule has 4 nitrogen and oxygen atoms in total. The summed E-state index contributed by atoms with van der Waals surface area (Å²) >= 11 is 0. The lowest BCUT2D eigenvalue weighted by atomic mass is 9.99. The molecule has 0 saturated carbocycles. The summed E-state index contributed by atoms with van der Waals surface area (Å²) in [6.07, 6.45) is 1.91. The van der Waals surface area contributed by atoms with E-state index in [2.05, 4.69) is 52.9 Å². The van der Waals surface area contributed by atoms with Gasteiger partial charge in [0.05, 0.1) is 0 Å². The fourth-order valence-electron chi connectivity index (χ4n) is 2.77. The molecule has 1 atom stereocenters. The van der Waals surface area contributed by atoms with Crippen LogP contribution in [0.4, 0.5) is 0 Å². The van der Waals surface area contributed by atoms with E-state index in [1.165, 1.54) is 5.56 Å². The number of hydrogen-bond donors (Lipinski definition) is 1. The van der Waals surface area contributed by atoms with E-state index in [1.54, 1.807) is 0 Å². The largest absolute Gasteiger partial charge is 0.396 e. The Bertz CT molecular complexity index is 586. The van der Waals surface area contributed by atoms with Crippen LogP contribution in [0.25, 0.3) is 11.4 Å². The molecular formula is C16H21N3O. The highest BCUT2D eigenvalue weighted by Gasteiger charge is 2.22. The second kappa shape index (κ2) is 5.37. The molecular weight excluding hydrogens is 250 g/mol. The number of hydrogen-bond acceptors (Lipinski definition) is 3. The molecule has 0 fully saturated rings. The Morgan fingerprint density at radius 3 is 2.65 bits per heavy atom. The molecule has 20 heavy (non-hydrogen) atoms. The van der Waals surface area contributed by atoms with Crippen LogP contribution in [-0.4, -0.2) is 26.5 Å². The monoisotopic (exact) mass is 271 g/mol. The first-order chi connectivity index (χ1) is 9.69. The van der Waals surface area contributed by atoms with Crippen molar-refractivity contribution in [3.05, 3.63) is 35.7 Å². The lowest BCUT2D eigenvalue weighted by Crippen LogP contribution is -2.23. The molecule has 0 aliphatic carbocycles. The number of fused-ring (bicyclic) bond motifs is 1. The van der Waals surface area contributed by atoms with Gasteiger partial charge in [0.25, 0.3) is 0 Å². The highest BCUT2D eigenvalue weighted by Crippen LogP contribution is 2.26. The van der Waals surface area contributed by atoms with E-state index < -0.39 is 0 Å². The summed E-state index contributed by atoms with van der Waals surface area (Å²) in [5.74, 6) is 2.83. The molecule has 1 aliphatic heterocycles. The van der Waals surface area contributed by atoms with Crippen LogP contribution in [0.1, 0.15) is 37.6 Å². The summed E-state index contributed by atoms with van der Waals surface area (Å²) in [5, 5.41) is 18.0. The van der Waals surface area contributed by atoms with Crippen LogP contribution in [0.2, 0.25) is 0 Å². The molecule has 4 heteroatoms. The van der Waals surface area contributed by atoms with Crippen molar-refractivity contribution in [3.63, 3.8) is 0 Å². The Hall–Kier alpha value is -1.68. The standard InChI is InChI=1S/C16H21N3O/c1-11(2)13-4-6-14(7-5-13)16-18-17-15-8-3-12(10-20)9-19(15)16/h4-7,11-12,20H,3,8-10H2,1-2H3. The normalized spacial score (nSPS) is 18.3. The van der Waals surface area contributed by atoms with Gasteiger partial charge in [-0.25, -0.2) is 0 Å². The second-order valence-corrected chi connectivity index (χ2v) is 5.91. The van der Waals surface area contributed by atoms with Gasteiger partial charge in [0.15, 0.2) is 5.82 Å². The number of aliphatic hydroxyl groups excluding tert-OH is 1. The average molecular weight is 271 g/mol. The number of aromatic nitrogens is 3. The Labute approximate surface area is 119 Å². The first-order valence-corrected chi connectivity index (χ1v) is 7.32. The maximum absolute atomic E-state index is 9.36. The maximum atomic E-state index is 9.36. The number of benzene rings is 1. The SMILES string of the molecule is CC(C)c1ccc(-c2nnc3n2CC(CO)CC3)cc1. The Morgan fingerprint density at radius 2 is 2.00 bits per heavy atom. The van der Waals surface area contributed by atoms with Gasteiger partial charge in [-0.2, -0.15) is 0 Å². The van der Waals surface area contributed by atoms with E-state index in [0.29, 0.717) is 11.8 Å². The van der Waals surface area contributed by atoms with Gasteiger partial charge in [0.1, 0.15) is 5.82 Å². The van der Waals surface area contributed by atoms with Crippen molar-refractivity contribution in [1.29, 1.82) is 0 Å². The molecule has 106 valence electrons. The molecule has 0 spiro atoms. The van der Waals surface area contributed by atoms with E-state index in [1.807, 2.05) is 0 Å². The molecule has 2 aromatic rings. The van der Waals surface area contributed by atoms with Gasteiger partial charge in [-0.3, -0.25) is 0 Å². The highest BCUT2D eigenvalue weighted by molar-refractivity contribution is 5.56. The molecule has 0 bridgehead atoms. The second-order valence-electron chi connectivity index (χ2n) is 5.91. The topological polar surface area (TPSA) is 50.9 Å². The van der Waals surface area contributed by atoms with Gasteiger partial charge in [-0.05, 0) is 17.9 Å². The van der Waals surface area contributed by atoms with Gasteiger partial charge in [0.2, 0.25) is 0 Å². The fourth-order valence-corrected chi connectivity index (χ4v) is 2.77. The molecule has 2 heterocycles. The number of aryl methyl sites for hydroxylation is 1. The molecule has 1 aromatic carbocycles. The fraction of sp³-hybridized carbons (Fsp3) is 0.500. The first-order valence-electron chi connectivity index (χ1n) is 7.32. The molecule has 0 amide bonds. The van der Waals surface area contributed by atoms with Crippen LogP contribution in [0.5, 0.6) is 0 Å². The molecule has 1 aliphatic rings. The van der Waals surface area contributed by atoms with Crippen LogP contribution in [-0.2, 0) is 13.0 Å². The van der Waals surface area contributed by atoms with Crippen molar-refractivity contribution in [2.45, 2.75) is 39.2 Å². The predicted octanol–water partition coefficient (Wildman–Crippen LogP) is 2.62. The highest BCUT2D eigenvalue weighted by atomic mass is 16.3. The van der Waals surface area contributed by atoms with Crippen LogP contribution >= 0.6 is 0 Å². The van der Waals surface area contributed by atoms with Gasteiger partial charge in [-0.15, -0.1) is 10.2 Å². The van der Waals surface area contributed by atoms with E-state index in [0.717, 1.165) is 36.6 Å². The lowest BCUT2D eigenvalue weighted by molar-refractivity contribution is 0.191. The summed E-state index contributed by atoms with van der Waals surface area (Å²) in [4.78, 5) is 0. The smallest absolute Gasteiger partial charge is 0.163 e. The number of rotatable bonds is 3. The molecule has 1 unspecified atom stereocenters. The summed E-state index contributed by atoms with van der Waals surface area (Å²) in [6, 6.07) is 8.56. The average Bonchev–Trinajstić information content (AvgIpc) is 2.90. The first kappa shape index (κ1) is 13.3. The zero-order valence-electron chi connectivity index (χ0n) is 12.1. The lowest BCUT2D eigenvalue weighted by Gasteiger charge is -2.22. The van der Waals surface area contributed by atoms with Gasteiger partial charge >= 0.3 is 0 Å². The predicted molar refractivity (Wildman–Crippen MR) is 78.4 cm³/mol. The third kappa shape index (κ3) is 2.36. The van der Waals surface area contributed by atoms with Crippen LogP contribution in [0.15, 0.2) is 24.3 Å². The van der Waals surface area contributed by atoms with Gasteiger partial charge in [0, 0.05) is 31.1 Å². The summed E-state index contributed by atoms with van der Waals surface area (Å²) < 4.78 is 2.16. The minimum absolute atomic E-state index is 0.239. The number of nitrogens with zero attached hydrogens (tertiary/aromatic N) is 3. The van der Waals surface area contributed by atoms with Crippen molar-refractivity contribution < 1.29 is 5.11 Å². The van der Waals surface area contributed by atoms with E-state index in [4.69, 9.17) is 0 Å². The zero-order chi connectivity index (χ0) is 14.1. The van der Waals surface area contributed by atoms with Crippen molar-refractivity contribution in [1.82, 2.24) is 14.8 Å². The van der Waals surface area contributed by atoms with Crippen LogP contribution < -0.4 is 0 Å². The minimum atomic E-state index is 0.239. The Morgan fingerprint density at radius 1 is 1.25 bits per heavy atom. The molecule has 1 N–H and O–H groups in total. The molecule has 3 rings (SSSR count). The van der Waals surface area contributed by atoms with Gasteiger partial charge < -0.3 is 9.67 Å². The Balaban J connectivity index is 1.93. The summed E-state index contributed by atoms with van der Waals surface area (Å²) in [7, 11) is 0. The molecule has 0 saturated heterocycles. The van der Waals surface area contributed by atoms with E-state index in [9.17, 15) is 5.11 Å². The Kier molecular flexibility index (Phi) is 3.57. The van der Waals surface area contributed by atoms with Crippen molar-refractivity contribution in [2.24, 2.45) is 5.92 Å². The minimum Gasteiger partial charge on any atom is -0.396 e. The molecule has 1 aromatic heterocycles. The zero-order valence-corrected chi connectivity index (χ0v) is 12.1. The van der Waals surface area contributed by atoms with Crippen molar-refractivity contribution >= 4 is 0 Å². The summed E-state index contributed by atoms with van der Waals surface area (Å²) in [5.41, 5.74) is 2.44. The van der Waals surface area contributed by atoms with Crippen molar-refractivity contribution in [2.75, 3.05) is 6.61 Å². The van der Waals surface area contributed by atoms with Crippen molar-refractivity contribution in [3.8, 4) is 11.4 Å².